The summed E-state index contributed by atoms with van der Waals surface area (Å²) in [7, 11) is -2.96. The normalized spacial score (nSPS) is 11.7. The zero-order valence-electron chi connectivity index (χ0n) is 9.88. The van der Waals surface area contributed by atoms with Gasteiger partial charge in [0, 0.05) is 34.3 Å². The van der Waals surface area contributed by atoms with Crippen LogP contribution in [0.2, 0.25) is 0 Å². The van der Waals surface area contributed by atoms with Gasteiger partial charge >= 0.3 is 0 Å². The van der Waals surface area contributed by atoms with Crippen LogP contribution in [0.5, 0.6) is 0 Å². The minimum absolute atomic E-state index is 0.125. The zero-order chi connectivity index (χ0) is 13.2. The Morgan fingerprint density at radius 3 is 2.83 bits per heavy atom. The predicted octanol–water partition coefficient (Wildman–Crippen LogP) is 2.20. The molecule has 0 saturated carbocycles. The largest absolute Gasteiger partial charge is 0.330 e. The van der Waals surface area contributed by atoms with E-state index >= 15 is 0 Å². The first-order valence-electron chi connectivity index (χ1n) is 5.40. The second-order valence-electron chi connectivity index (χ2n) is 4.08. The summed E-state index contributed by atoms with van der Waals surface area (Å²) in [5, 5.41) is 0. The molecule has 0 spiro atoms. The molecule has 0 unspecified atom stereocenters. The summed E-state index contributed by atoms with van der Waals surface area (Å²) < 4.78 is 25.4. The molecule has 0 aliphatic rings. The Bertz CT molecular complexity index is 650. The lowest BCUT2D eigenvalue weighted by atomic mass is 10.2. The predicted molar refractivity (Wildman–Crippen MR) is 80.1 cm³/mol. The maximum atomic E-state index is 11.2. The Kier molecular flexibility index (Phi) is 4.06. The molecule has 1 aromatic carbocycles. The molecule has 0 fully saturated rings. The van der Waals surface area contributed by atoms with E-state index in [0.29, 0.717) is 6.54 Å². The minimum Gasteiger partial charge on any atom is -0.330 e. The maximum absolute atomic E-state index is 11.2. The first-order chi connectivity index (χ1) is 8.46. The van der Waals surface area contributed by atoms with Crippen LogP contribution in [-0.4, -0.2) is 30.0 Å². The molecule has 0 aliphatic carbocycles. The number of halogens is 1. The van der Waals surface area contributed by atoms with Crippen molar-refractivity contribution >= 4 is 32.4 Å². The van der Waals surface area contributed by atoms with E-state index in [1.165, 1.54) is 6.26 Å². The van der Waals surface area contributed by atoms with Crippen molar-refractivity contribution in [2.24, 2.45) is 0 Å². The lowest BCUT2D eigenvalue weighted by molar-refractivity contribution is 0.595. The smallest absolute Gasteiger partial charge is 0.149 e. The Balaban J connectivity index is 2.28. The Morgan fingerprint density at radius 2 is 2.17 bits per heavy atom. The monoisotopic (exact) mass is 376 g/mol. The van der Waals surface area contributed by atoms with Crippen LogP contribution in [-0.2, 0) is 16.4 Å². The highest BCUT2D eigenvalue weighted by Gasteiger charge is 2.08. The fourth-order valence-electron chi connectivity index (χ4n) is 1.64. The zero-order valence-corrected chi connectivity index (χ0v) is 12.8. The molecule has 0 saturated heterocycles. The van der Waals surface area contributed by atoms with Crippen LogP contribution in [0.15, 0.2) is 36.7 Å². The molecule has 4 nitrogen and oxygen atoms in total. The fourth-order valence-corrected chi connectivity index (χ4v) is 2.71. The van der Waals surface area contributed by atoms with E-state index in [0.717, 1.165) is 15.0 Å². The van der Waals surface area contributed by atoms with E-state index in [1.54, 1.807) is 12.4 Å². The van der Waals surface area contributed by atoms with Crippen molar-refractivity contribution < 1.29 is 8.42 Å². The Hall–Kier alpha value is -0.890. The number of imidazole rings is 1. The molecule has 1 aromatic heterocycles. The van der Waals surface area contributed by atoms with Crippen molar-refractivity contribution in [1.29, 1.82) is 0 Å². The van der Waals surface area contributed by atoms with Crippen molar-refractivity contribution in [1.82, 2.24) is 9.55 Å². The molecule has 0 radical (unpaired) electrons. The number of benzene rings is 1. The van der Waals surface area contributed by atoms with Crippen molar-refractivity contribution in [3.8, 4) is 11.4 Å². The van der Waals surface area contributed by atoms with Gasteiger partial charge in [-0.2, -0.15) is 0 Å². The van der Waals surface area contributed by atoms with E-state index < -0.39 is 9.84 Å². The number of hydrogen-bond donors (Lipinski definition) is 0. The molecule has 2 aromatic rings. The van der Waals surface area contributed by atoms with Gasteiger partial charge < -0.3 is 4.57 Å². The van der Waals surface area contributed by atoms with E-state index in [4.69, 9.17) is 0 Å². The summed E-state index contributed by atoms with van der Waals surface area (Å²) in [5.41, 5.74) is 1.00. The number of sulfone groups is 1. The van der Waals surface area contributed by atoms with E-state index in [9.17, 15) is 8.42 Å². The molecule has 1 heterocycles. The topological polar surface area (TPSA) is 52.0 Å². The van der Waals surface area contributed by atoms with Gasteiger partial charge in [-0.3, -0.25) is 0 Å². The number of hydrogen-bond acceptors (Lipinski definition) is 3. The standard InChI is InChI=1S/C12H13IN2O2S/c1-18(16,17)8-7-15-6-5-14-12(15)10-3-2-4-11(13)9-10/h2-6,9H,7-8H2,1H3. The maximum Gasteiger partial charge on any atom is 0.149 e. The van der Waals surface area contributed by atoms with Gasteiger partial charge in [0.2, 0.25) is 0 Å². The van der Waals surface area contributed by atoms with Crippen LogP contribution in [0, 0.1) is 3.57 Å². The SMILES string of the molecule is CS(=O)(=O)CCn1ccnc1-c1cccc(I)c1. The van der Waals surface area contributed by atoms with Crippen molar-refractivity contribution in [2.45, 2.75) is 6.54 Å². The highest BCUT2D eigenvalue weighted by Crippen LogP contribution is 2.19. The van der Waals surface area contributed by atoms with Crippen LogP contribution >= 0.6 is 22.6 Å². The summed E-state index contributed by atoms with van der Waals surface area (Å²) in [5.74, 6) is 0.928. The van der Waals surface area contributed by atoms with Gasteiger partial charge in [0.25, 0.3) is 0 Å². The molecule has 0 aliphatic heterocycles. The summed E-state index contributed by atoms with van der Waals surface area (Å²) in [6.45, 7) is 0.430. The van der Waals surface area contributed by atoms with Crippen molar-refractivity contribution in [3.05, 3.63) is 40.2 Å². The molecular weight excluding hydrogens is 363 g/mol. The summed E-state index contributed by atoms with van der Waals surface area (Å²) >= 11 is 2.24. The molecule has 18 heavy (non-hydrogen) atoms. The Labute approximate surface area is 120 Å². The average Bonchev–Trinajstić information content (AvgIpc) is 2.73. The van der Waals surface area contributed by atoms with E-state index in [2.05, 4.69) is 27.6 Å². The summed E-state index contributed by atoms with van der Waals surface area (Å²) in [6.07, 6.45) is 4.74. The number of nitrogens with zero attached hydrogens (tertiary/aromatic N) is 2. The molecule has 0 atom stereocenters. The molecule has 0 amide bonds. The first-order valence-corrected chi connectivity index (χ1v) is 8.54. The lowest BCUT2D eigenvalue weighted by Gasteiger charge is -2.07. The minimum atomic E-state index is -2.96. The van der Waals surface area contributed by atoms with Gasteiger partial charge in [0.15, 0.2) is 0 Å². The van der Waals surface area contributed by atoms with E-state index in [-0.39, 0.29) is 5.75 Å². The van der Waals surface area contributed by atoms with Gasteiger partial charge in [0.1, 0.15) is 15.7 Å². The summed E-state index contributed by atoms with van der Waals surface area (Å²) in [4.78, 5) is 4.29. The highest BCUT2D eigenvalue weighted by atomic mass is 127. The molecule has 0 bridgehead atoms. The number of aryl methyl sites for hydroxylation is 1. The van der Waals surface area contributed by atoms with E-state index in [1.807, 2.05) is 28.8 Å². The third-order valence-corrected chi connectivity index (χ3v) is 4.10. The highest BCUT2D eigenvalue weighted by molar-refractivity contribution is 14.1. The quantitative estimate of drug-likeness (QED) is 0.769. The molecule has 2 rings (SSSR count). The number of rotatable bonds is 4. The van der Waals surface area contributed by atoms with Crippen molar-refractivity contribution in [3.63, 3.8) is 0 Å². The molecule has 6 heteroatoms. The van der Waals surface area contributed by atoms with Gasteiger partial charge in [-0.25, -0.2) is 13.4 Å². The van der Waals surface area contributed by atoms with Gasteiger partial charge in [-0.1, -0.05) is 12.1 Å². The van der Waals surface area contributed by atoms with Gasteiger partial charge in [-0.05, 0) is 34.7 Å². The second kappa shape index (κ2) is 5.40. The average molecular weight is 376 g/mol. The van der Waals surface area contributed by atoms with Crippen LogP contribution in [0.25, 0.3) is 11.4 Å². The van der Waals surface area contributed by atoms with Crippen LogP contribution in [0.4, 0.5) is 0 Å². The lowest BCUT2D eigenvalue weighted by Crippen LogP contribution is -2.11. The van der Waals surface area contributed by atoms with Gasteiger partial charge in [0.05, 0.1) is 5.75 Å². The third-order valence-electron chi connectivity index (χ3n) is 2.50. The number of aromatic nitrogens is 2. The van der Waals surface area contributed by atoms with Crippen molar-refractivity contribution in [2.75, 3.05) is 12.0 Å². The molecule has 96 valence electrons. The summed E-state index contributed by atoms with van der Waals surface area (Å²) in [6, 6.07) is 7.97. The third kappa shape index (κ3) is 3.55. The first kappa shape index (κ1) is 13.5. The van der Waals surface area contributed by atoms with Crippen LogP contribution in [0.3, 0.4) is 0 Å². The van der Waals surface area contributed by atoms with Gasteiger partial charge in [-0.15, -0.1) is 0 Å². The molecular formula is C12H13IN2O2S. The second-order valence-corrected chi connectivity index (χ2v) is 7.59. The van der Waals surface area contributed by atoms with Crippen LogP contribution < -0.4 is 0 Å². The fraction of sp³-hybridized carbons (Fsp3) is 0.250. The van der Waals surface area contributed by atoms with Crippen LogP contribution in [0.1, 0.15) is 0 Å². The molecule has 0 N–H and O–H groups in total. The Morgan fingerprint density at radius 1 is 1.39 bits per heavy atom.